The number of nitrogens with one attached hydrogen (secondary N) is 1. The molecule has 0 bridgehead atoms. The van der Waals surface area contributed by atoms with Gasteiger partial charge in [-0.25, -0.2) is 0 Å². The van der Waals surface area contributed by atoms with Crippen LogP contribution in [0.1, 0.15) is 29.6 Å². The molecule has 0 atom stereocenters. The van der Waals surface area contributed by atoms with Gasteiger partial charge >= 0.3 is 5.97 Å². The predicted molar refractivity (Wildman–Crippen MR) is 66.8 cm³/mol. The van der Waals surface area contributed by atoms with Crippen molar-refractivity contribution in [3.63, 3.8) is 0 Å². The number of aliphatic carboxylic acids is 1. The van der Waals surface area contributed by atoms with E-state index in [1.807, 2.05) is 0 Å². The van der Waals surface area contributed by atoms with Crippen molar-refractivity contribution in [1.82, 2.24) is 5.32 Å². The number of amides is 1. The molecule has 1 rings (SSSR count). The van der Waals surface area contributed by atoms with Gasteiger partial charge in [-0.1, -0.05) is 0 Å². The third kappa shape index (κ3) is 4.86. The van der Waals surface area contributed by atoms with Crippen molar-refractivity contribution < 1.29 is 19.4 Å². The van der Waals surface area contributed by atoms with Gasteiger partial charge in [0.2, 0.25) is 0 Å². The van der Waals surface area contributed by atoms with E-state index >= 15 is 0 Å². The van der Waals surface area contributed by atoms with Crippen LogP contribution in [0.2, 0.25) is 0 Å². The summed E-state index contributed by atoms with van der Waals surface area (Å²) in [4.78, 5) is 22.0. The molecule has 1 aromatic carbocycles. The Morgan fingerprint density at radius 1 is 1.22 bits per heavy atom. The normalized spacial score (nSPS) is 9.83. The van der Waals surface area contributed by atoms with E-state index in [1.54, 1.807) is 31.4 Å². The standard InChI is InChI=1S/C13H17NO4/c1-18-11-7-5-10(6-8-11)13(17)14-9-3-2-4-12(15)16/h5-8H,2-4,9H2,1H3,(H,14,17)(H,15,16). The first-order valence-electron chi connectivity index (χ1n) is 5.77. The SMILES string of the molecule is COc1ccc(C(=O)NCCCCC(=O)O)cc1. The average molecular weight is 251 g/mol. The second-order valence-corrected chi connectivity index (χ2v) is 3.84. The van der Waals surface area contributed by atoms with E-state index in [2.05, 4.69) is 5.32 Å². The molecule has 0 saturated carbocycles. The molecule has 0 saturated heterocycles. The summed E-state index contributed by atoms with van der Waals surface area (Å²) < 4.78 is 5.00. The maximum Gasteiger partial charge on any atom is 0.303 e. The van der Waals surface area contributed by atoms with Gasteiger partial charge in [0.15, 0.2) is 0 Å². The zero-order valence-electron chi connectivity index (χ0n) is 10.3. The van der Waals surface area contributed by atoms with Crippen LogP contribution in [-0.4, -0.2) is 30.6 Å². The first kappa shape index (κ1) is 14.0. The van der Waals surface area contributed by atoms with Gasteiger partial charge in [0.05, 0.1) is 7.11 Å². The van der Waals surface area contributed by atoms with Gasteiger partial charge in [0.25, 0.3) is 5.91 Å². The number of carboxylic acid groups (broad SMARTS) is 1. The molecule has 0 unspecified atom stereocenters. The van der Waals surface area contributed by atoms with E-state index in [0.717, 1.165) is 0 Å². The highest BCUT2D eigenvalue weighted by Crippen LogP contribution is 2.11. The van der Waals surface area contributed by atoms with Crippen LogP contribution >= 0.6 is 0 Å². The largest absolute Gasteiger partial charge is 0.497 e. The number of benzene rings is 1. The summed E-state index contributed by atoms with van der Waals surface area (Å²) in [6, 6.07) is 6.81. The van der Waals surface area contributed by atoms with Crippen molar-refractivity contribution in [2.24, 2.45) is 0 Å². The Labute approximate surface area is 106 Å². The van der Waals surface area contributed by atoms with E-state index in [9.17, 15) is 9.59 Å². The number of rotatable bonds is 7. The van der Waals surface area contributed by atoms with Crippen LogP contribution in [0.15, 0.2) is 24.3 Å². The fourth-order valence-corrected chi connectivity index (χ4v) is 1.45. The molecule has 1 amide bonds. The third-order valence-corrected chi connectivity index (χ3v) is 2.46. The molecule has 18 heavy (non-hydrogen) atoms. The molecule has 0 aliphatic carbocycles. The van der Waals surface area contributed by atoms with E-state index in [1.165, 1.54) is 0 Å². The average Bonchev–Trinajstić information content (AvgIpc) is 2.38. The Morgan fingerprint density at radius 2 is 1.89 bits per heavy atom. The lowest BCUT2D eigenvalue weighted by atomic mass is 10.2. The number of unbranched alkanes of at least 4 members (excludes halogenated alkanes) is 1. The number of ether oxygens (including phenoxy) is 1. The first-order valence-corrected chi connectivity index (χ1v) is 5.77. The van der Waals surface area contributed by atoms with Gasteiger partial charge in [-0.3, -0.25) is 9.59 Å². The molecule has 0 radical (unpaired) electrons. The second-order valence-electron chi connectivity index (χ2n) is 3.84. The van der Waals surface area contributed by atoms with Crippen molar-refractivity contribution in [3.05, 3.63) is 29.8 Å². The van der Waals surface area contributed by atoms with E-state index in [0.29, 0.717) is 30.7 Å². The smallest absolute Gasteiger partial charge is 0.303 e. The van der Waals surface area contributed by atoms with Gasteiger partial charge in [-0.2, -0.15) is 0 Å². The summed E-state index contributed by atoms with van der Waals surface area (Å²) in [7, 11) is 1.57. The highest BCUT2D eigenvalue weighted by molar-refractivity contribution is 5.94. The van der Waals surface area contributed by atoms with E-state index in [4.69, 9.17) is 9.84 Å². The lowest BCUT2D eigenvalue weighted by molar-refractivity contribution is -0.137. The maximum absolute atomic E-state index is 11.7. The molecule has 0 aromatic heterocycles. The minimum absolute atomic E-state index is 0.137. The summed E-state index contributed by atoms with van der Waals surface area (Å²) in [6.45, 7) is 0.484. The lowest BCUT2D eigenvalue weighted by Gasteiger charge is -2.05. The summed E-state index contributed by atoms with van der Waals surface area (Å²) in [6.07, 6.45) is 1.37. The number of carboxylic acids is 1. The number of hydrogen-bond donors (Lipinski definition) is 2. The van der Waals surface area contributed by atoms with Crippen LogP contribution in [0, 0.1) is 0 Å². The minimum Gasteiger partial charge on any atom is -0.497 e. The van der Waals surface area contributed by atoms with Crippen molar-refractivity contribution in [3.8, 4) is 5.75 Å². The first-order chi connectivity index (χ1) is 8.63. The molecule has 0 fully saturated rings. The molecule has 5 heteroatoms. The number of carbonyl (C=O) groups excluding carboxylic acids is 1. The summed E-state index contributed by atoms with van der Waals surface area (Å²) in [5.41, 5.74) is 0.564. The third-order valence-electron chi connectivity index (χ3n) is 2.46. The Balaban J connectivity index is 2.29. The van der Waals surface area contributed by atoms with E-state index < -0.39 is 5.97 Å². The summed E-state index contributed by atoms with van der Waals surface area (Å²) in [5.74, 6) is -0.266. The molecule has 0 aliphatic rings. The van der Waals surface area contributed by atoms with Crippen LogP contribution in [0.4, 0.5) is 0 Å². The lowest BCUT2D eigenvalue weighted by Crippen LogP contribution is -2.24. The van der Waals surface area contributed by atoms with Crippen LogP contribution in [-0.2, 0) is 4.79 Å². The summed E-state index contributed by atoms with van der Waals surface area (Å²) >= 11 is 0. The van der Waals surface area contributed by atoms with Crippen LogP contribution in [0.25, 0.3) is 0 Å². The Hall–Kier alpha value is -2.04. The number of hydrogen-bond acceptors (Lipinski definition) is 3. The van der Waals surface area contributed by atoms with E-state index in [-0.39, 0.29) is 12.3 Å². The van der Waals surface area contributed by atoms with Gasteiger partial charge in [-0.05, 0) is 37.1 Å². The Bertz CT molecular complexity index is 400. The van der Waals surface area contributed by atoms with Gasteiger partial charge in [0.1, 0.15) is 5.75 Å². The number of carbonyl (C=O) groups is 2. The Kier molecular flexibility index (Phi) is 5.70. The maximum atomic E-state index is 11.7. The molecular weight excluding hydrogens is 234 g/mol. The van der Waals surface area contributed by atoms with Gasteiger partial charge < -0.3 is 15.2 Å². The van der Waals surface area contributed by atoms with Gasteiger partial charge in [-0.15, -0.1) is 0 Å². The minimum atomic E-state index is -0.809. The van der Waals surface area contributed by atoms with Crippen molar-refractivity contribution in [2.45, 2.75) is 19.3 Å². The molecule has 1 aromatic rings. The quantitative estimate of drug-likeness (QED) is 0.723. The molecule has 5 nitrogen and oxygen atoms in total. The predicted octanol–water partition coefficient (Wildman–Crippen LogP) is 1.68. The second kappa shape index (κ2) is 7.32. The molecule has 0 spiro atoms. The number of methoxy groups -OCH3 is 1. The van der Waals surface area contributed by atoms with Crippen molar-refractivity contribution >= 4 is 11.9 Å². The fourth-order valence-electron chi connectivity index (χ4n) is 1.45. The van der Waals surface area contributed by atoms with Crippen LogP contribution in [0.3, 0.4) is 0 Å². The fraction of sp³-hybridized carbons (Fsp3) is 0.385. The molecule has 98 valence electrons. The zero-order chi connectivity index (χ0) is 13.4. The van der Waals surface area contributed by atoms with Crippen molar-refractivity contribution in [2.75, 3.05) is 13.7 Å². The topological polar surface area (TPSA) is 75.6 Å². The van der Waals surface area contributed by atoms with Crippen molar-refractivity contribution in [1.29, 1.82) is 0 Å². The molecular formula is C13H17NO4. The summed E-state index contributed by atoms with van der Waals surface area (Å²) in [5, 5.41) is 11.2. The monoisotopic (exact) mass is 251 g/mol. The van der Waals surface area contributed by atoms with Crippen LogP contribution in [0.5, 0.6) is 5.75 Å². The highest BCUT2D eigenvalue weighted by atomic mass is 16.5. The zero-order valence-corrected chi connectivity index (χ0v) is 10.3. The van der Waals surface area contributed by atoms with Gasteiger partial charge in [0, 0.05) is 18.5 Å². The Morgan fingerprint density at radius 3 is 2.44 bits per heavy atom. The van der Waals surface area contributed by atoms with Crippen LogP contribution < -0.4 is 10.1 Å². The highest BCUT2D eigenvalue weighted by Gasteiger charge is 2.04. The molecule has 2 N–H and O–H groups in total. The molecule has 0 aliphatic heterocycles. The molecule has 0 heterocycles.